The fourth-order valence-electron chi connectivity index (χ4n) is 1.94. The molecule has 0 aromatic carbocycles. The van der Waals surface area contributed by atoms with E-state index in [4.69, 9.17) is 0 Å². The number of aromatic nitrogens is 5. The molecule has 1 aliphatic rings. The second-order valence-electron chi connectivity index (χ2n) is 4.72. The molecule has 1 fully saturated rings. The SMILES string of the molecule is CCNc1nc(C)cc(Sc2n[nH]c(=O)n2C2CC2)n1. The molecule has 0 bridgehead atoms. The van der Waals surface area contributed by atoms with Crippen molar-refractivity contribution in [3.05, 3.63) is 22.2 Å². The van der Waals surface area contributed by atoms with Crippen molar-refractivity contribution in [2.45, 2.75) is 42.9 Å². The van der Waals surface area contributed by atoms with Crippen LogP contribution >= 0.6 is 11.8 Å². The summed E-state index contributed by atoms with van der Waals surface area (Å²) in [4.78, 5) is 20.5. The zero-order valence-electron chi connectivity index (χ0n) is 11.4. The Morgan fingerprint density at radius 3 is 3.00 bits per heavy atom. The maximum absolute atomic E-state index is 11.7. The summed E-state index contributed by atoms with van der Waals surface area (Å²) >= 11 is 1.39. The van der Waals surface area contributed by atoms with E-state index < -0.39 is 0 Å². The van der Waals surface area contributed by atoms with Gasteiger partial charge in [0.1, 0.15) is 5.03 Å². The smallest absolute Gasteiger partial charge is 0.344 e. The Hall–Kier alpha value is -1.83. The van der Waals surface area contributed by atoms with E-state index in [0.717, 1.165) is 30.1 Å². The predicted molar refractivity (Wildman–Crippen MR) is 76.2 cm³/mol. The van der Waals surface area contributed by atoms with Gasteiger partial charge in [0, 0.05) is 18.3 Å². The molecular weight excluding hydrogens is 276 g/mol. The molecule has 106 valence electrons. The van der Waals surface area contributed by atoms with Crippen LogP contribution in [-0.4, -0.2) is 31.3 Å². The van der Waals surface area contributed by atoms with Crippen LogP contribution in [0, 0.1) is 6.92 Å². The second kappa shape index (κ2) is 5.28. The van der Waals surface area contributed by atoms with Gasteiger partial charge in [-0.05, 0) is 44.5 Å². The number of aryl methyl sites for hydroxylation is 1. The molecule has 0 unspecified atom stereocenters. The first-order chi connectivity index (χ1) is 9.67. The van der Waals surface area contributed by atoms with Crippen LogP contribution in [0.5, 0.6) is 0 Å². The first-order valence-electron chi connectivity index (χ1n) is 6.61. The molecule has 1 aliphatic carbocycles. The maximum Gasteiger partial charge on any atom is 0.344 e. The molecule has 0 saturated heterocycles. The van der Waals surface area contributed by atoms with Gasteiger partial charge in [-0.1, -0.05) is 0 Å². The molecule has 0 aliphatic heterocycles. The van der Waals surface area contributed by atoms with E-state index >= 15 is 0 Å². The van der Waals surface area contributed by atoms with Crippen molar-refractivity contribution in [1.82, 2.24) is 24.7 Å². The number of hydrogen-bond donors (Lipinski definition) is 2. The molecular formula is C12H16N6OS. The van der Waals surface area contributed by atoms with Gasteiger partial charge in [0.15, 0.2) is 5.16 Å². The minimum Gasteiger partial charge on any atom is -0.354 e. The van der Waals surface area contributed by atoms with Crippen LogP contribution in [0.25, 0.3) is 0 Å². The van der Waals surface area contributed by atoms with E-state index in [1.54, 1.807) is 4.57 Å². The van der Waals surface area contributed by atoms with E-state index in [-0.39, 0.29) is 5.69 Å². The fraction of sp³-hybridized carbons (Fsp3) is 0.500. The average molecular weight is 292 g/mol. The third kappa shape index (κ3) is 2.69. The van der Waals surface area contributed by atoms with Gasteiger partial charge < -0.3 is 5.32 Å². The summed E-state index contributed by atoms with van der Waals surface area (Å²) in [7, 11) is 0. The van der Waals surface area contributed by atoms with Gasteiger partial charge >= 0.3 is 5.69 Å². The molecule has 0 radical (unpaired) electrons. The number of rotatable bonds is 5. The highest BCUT2D eigenvalue weighted by Gasteiger charge is 2.28. The normalized spacial score (nSPS) is 14.5. The van der Waals surface area contributed by atoms with Crippen LogP contribution in [0.1, 0.15) is 31.5 Å². The average Bonchev–Trinajstić information content (AvgIpc) is 3.15. The Kier molecular flexibility index (Phi) is 3.47. The van der Waals surface area contributed by atoms with E-state index in [2.05, 4.69) is 25.5 Å². The first kappa shape index (κ1) is 13.2. The molecule has 20 heavy (non-hydrogen) atoms. The van der Waals surface area contributed by atoms with Crippen molar-refractivity contribution < 1.29 is 0 Å². The fourth-order valence-corrected chi connectivity index (χ4v) is 2.91. The van der Waals surface area contributed by atoms with Crippen LogP contribution in [0.3, 0.4) is 0 Å². The first-order valence-corrected chi connectivity index (χ1v) is 7.43. The Balaban J connectivity index is 1.89. The van der Waals surface area contributed by atoms with Crippen LogP contribution in [0.4, 0.5) is 5.95 Å². The molecule has 0 atom stereocenters. The van der Waals surface area contributed by atoms with E-state index in [9.17, 15) is 4.79 Å². The predicted octanol–water partition coefficient (Wildman–Crippen LogP) is 1.59. The van der Waals surface area contributed by atoms with Crippen molar-refractivity contribution in [2.24, 2.45) is 0 Å². The van der Waals surface area contributed by atoms with E-state index in [1.165, 1.54) is 11.8 Å². The largest absolute Gasteiger partial charge is 0.354 e. The summed E-state index contributed by atoms with van der Waals surface area (Å²) in [5.74, 6) is 0.603. The lowest BCUT2D eigenvalue weighted by atomic mass is 10.5. The molecule has 2 N–H and O–H groups in total. The number of anilines is 1. The molecule has 8 heteroatoms. The second-order valence-corrected chi connectivity index (χ2v) is 5.70. The molecule has 2 aromatic heterocycles. The molecule has 3 rings (SSSR count). The van der Waals surface area contributed by atoms with Gasteiger partial charge in [-0.3, -0.25) is 4.57 Å². The summed E-state index contributed by atoms with van der Waals surface area (Å²) in [5, 5.41) is 11.1. The van der Waals surface area contributed by atoms with Gasteiger partial charge in [0.05, 0.1) is 0 Å². The number of H-pyrrole nitrogens is 1. The summed E-state index contributed by atoms with van der Waals surface area (Å²) in [6.45, 7) is 4.69. The highest BCUT2D eigenvalue weighted by Crippen LogP contribution is 2.37. The summed E-state index contributed by atoms with van der Waals surface area (Å²) < 4.78 is 1.72. The highest BCUT2D eigenvalue weighted by molar-refractivity contribution is 7.99. The van der Waals surface area contributed by atoms with Crippen LogP contribution in [0.15, 0.2) is 21.0 Å². The number of nitrogens with zero attached hydrogens (tertiary/aromatic N) is 4. The van der Waals surface area contributed by atoms with E-state index in [1.807, 2.05) is 19.9 Å². The van der Waals surface area contributed by atoms with Crippen molar-refractivity contribution in [3.63, 3.8) is 0 Å². The van der Waals surface area contributed by atoms with Gasteiger partial charge in [-0.15, -0.1) is 5.10 Å². The molecule has 2 aromatic rings. The van der Waals surface area contributed by atoms with Crippen molar-refractivity contribution >= 4 is 17.7 Å². The van der Waals surface area contributed by atoms with Gasteiger partial charge in [-0.2, -0.15) is 0 Å². The third-order valence-corrected chi connectivity index (χ3v) is 3.83. The van der Waals surface area contributed by atoms with Crippen molar-refractivity contribution in [1.29, 1.82) is 0 Å². The lowest BCUT2D eigenvalue weighted by Crippen LogP contribution is -2.16. The topological polar surface area (TPSA) is 88.5 Å². The lowest BCUT2D eigenvalue weighted by Gasteiger charge is -2.06. The Morgan fingerprint density at radius 2 is 2.30 bits per heavy atom. The Morgan fingerprint density at radius 1 is 1.50 bits per heavy atom. The van der Waals surface area contributed by atoms with Crippen LogP contribution < -0.4 is 11.0 Å². The Bertz CT molecular complexity index is 675. The maximum atomic E-state index is 11.7. The van der Waals surface area contributed by atoms with Gasteiger partial charge in [0.25, 0.3) is 0 Å². The zero-order chi connectivity index (χ0) is 14.1. The van der Waals surface area contributed by atoms with Crippen LogP contribution in [0.2, 0.25) is 0 Å². The molecule has 0 amide bonds. The van der Waals surface area contributed by atoms with E-state index in [0.29, 0.717) is 17.1 Å². The quantitative estimate of drug-likeness (QED) is 0.814. The Labute approximate surface area is 120 Å². The standard InChI is InChI=1S/C12H16N6OS/c1-3-13-10-14-7(2)6-9(15-10)20-12-17-16-11(19)18(12)8-4-5-8/h6,8H,3-5H2,1-2H3,(H,16,19)(H,13,14,15). The van der Waals surface area contributed by atoms with Crippen LogP contribution in [-0.2, 0) is 0 Å². The van der Waals surface area contributed by atoms with Crippen molar-refractivity contribution in [3.8, 4) is 0 Å². The minimum atomic E-state index is -0.146. The number of nitrogens with one attached hydrogen (secondary N) is 2. The van der Waals surface area contributed by atoms with Gasteiger partial charge in [0.2, 0.25) is 5.95 Å². The summed E-state index contributed by atoms with van der Waals surface area (Å²) in [6.07, 6.45) is 2.08. The molecule has 2 heterocycles. The summed E-state index contributed by atoms with van der Waals surface area (Å²) in [5.41, 5.74) is 0.738. The van der Waals surface area contributed by atoms with Crippen molar-refractivity contribution in [2.75, 3.05) is 11.9 Å². The zero-order valence-corrected chi connectivity index (χ0v) is 12.2. The minimum absolute atomic E-state index is 0.146. The molecule has 7 nitrogen and oxygen atoms in total. The van der Waals surface area contributed by atoms with Gasteiger partial charge in [-0.25, -0.2) is 19.9 Å². The highest BCUT2D eigenvalue weighted by atomic mass is 32.2. The monoisotopic (exact) mass is 292 g/mol. The molecule has 0 spiro atoms. The third-order valence-electron chi connectivity index (χ3n) is 2.95. The molecule has 1 saturated carbocycles. The summed E-state index contributed by atoms with van der Waals surface area (Å²) in [6, 6.07) is 2.18. The lowest BCUT2D eigenvalue weighted by molar-refractivity contribution is 0.642. The number of aromatic amines is 1. The number of hydrogen-bond acceptors (Lipinski definition) is 6.